The number of methoxy groups -OCH3 is 2. The maximum Gasteiger partial charge on any atom is 0.319 e. The highest BCUT2D eigenvalue weighted by Gasteiger charge is 2.17. The molecule has 1 heterocycles. The minimum Gasteiger partial charge on any atom is -0.497 e. The van der Waals surface area contributed by atoms with E-state index in [0.29, 0.717) is 18.1 Å². The van der Waals surface area contributed by atoms with Crippen LogP contribution < -0.4 is 24.8 Å². The first kappa shape index (κ1) is 17.0. The van der Waals surface area contributed by atoms with Crippen molar-refractivity contribution in [3.63, 3.8) is 0 Å². The number of rotatable bonds is 5. The van der Waals surface area contributed by atoms with E-state index in [-0.39, 0.29) is 12.1 Å². The number of hydrogen-bond donors (Lipinski definition) is 2. The first-order valence-corrected chi connectivity index (χ1v) is 8.16. The number of anilines is 1. The number of urea groups is 1. The summed E-state index contributed by atoms with van der Waals surface area (Å²) in [6.07, 6.45) is 0.865. The first-order chi connectivity index (χ1) is 12.1. The Labute approximate surface area is 147 Å². The third-order valence-electron chi connectivity index (χ3n) is 4.20. The average Bonchev–Trinajstić information content (AvgIpc) is 3.08. The van der Waals surface area contributed by atoms with Gasteiger partial charge < -0.3 is 24.8 Å². The zero-order valence-corrected chi connectivity index (χ0v) is 14.6. The van der Waals surface area contributed by atoms with Gasteiger partial charge in [0.25, 0.3) is 0 Å². The number of hydrogen-bond acceptors (Lipinski definition) is 4. The molecule has 132 valence electrons. The lowest BCUT2D eigenvalue weighted by Gasteiger charge is -2.18. The van der Waals surface area contributed by atoms with Crippen LogP contribution in [0.5, 0.6) is 17.2 Å². The van der Waals surface area contributed by atoms with E-state index in [1.165, 1.54) is 0 Å². The van der Waals surface area contributed by atoms with Gasteiger partial charge in [0.05, 0.1) is 26.9 Å². The summed E-state index contributed by atoms with van der Waals surface area (Å²) in [4.78, 5) is 12.3. The zero-order chi connectivity index (χ0) is 17.8. The second-order valence-corrected chi connectivity index (χ2v) is 5.85. The number of ether oxygens (including phenoxy) is 3. The minimum atomic E-state index is -0.281. The number of amides is 2. The van der Waals surface area contributed by atoms with E-state index in [9.17, 15) is 4.79 Å². The number of fused-ring (bicyclic) bond motifs is 1. The standard InChI is InChI=1S/C19H22N2O4/c1-12(16-11-15(23-2)5-7-18(16)24-3)20-19(22)21-14-4-6-17-13(10-14)8-9-25-17/h4-7,10-12H,8-9H2,1-3H3,(H2,20,21,22). The summed E-state index contributed by atoms with van der Waals surface area (Å²) < 4.78 is 16.1. The maximum absolute atomic E-state index is 12.3. The molecule has 1 aliphatic heterocycles. The highest BCUT2D eigenvalue weighted by atomic mass is 16.5. The van der Waals surface area contributed by atoms with Crippen molar-refractivity contribution in [3.05, 3.63) is 47.5 Å². The van der Waals surface area contributed by atoms with Crippen LogP contribution in [0.4, 0.5) is 10.5 Å². The predicted octanol–water partition coefficient (Wildman–Crippen LogP) is 3.52. The smallest absolute Gasteiger partial charge is 0.319 e. The van der Waals surface area contributed by atoms with E-state index in [0.717, 1.165) is 29.0 Å². The van der Waals surface area contributed by atoms with Gasteiger partial charge in [-0.1, -0.05) is 0 Å². The highest BCUT2D eigenvalue weighted by molar-refractivity contribution is 5.89. The fraction of sp³-hybridized carbons (Fsp3) is 0.316. The molecule has 0 spiro atoms. The molecule has 25 heavy (non-hydrogen) atoms. The van der Waals surface area contributed by atoms with Crippen molar-refractivity contribution in [1.29, 1.82) is 0 Å². The molecular weight excluding hydrogens is 320 g/mol. The largest absolute Gasteiger partial charge is 0.497 e. The molecule has 1 unspecified atom stereocenters. The van der Waals surface area contributed by atoms with Gasteiger partial charge in [-0.25, -0.2) is 4.79 Å². The molecule has 6 heteroatoms. The molecule has 0 saturated heterocycles. The van der Waals surface area contributed by atoms with Gasteiger partial charge in [0, 0.05) is 17.7 Å². The quantitative estimate of drug-likeness (QED) is 0.872. The van der Waals surface area contributed by atoms with Crippen LogP contribution in [0.3, 0.4) is 0 Å². The third kappa shape index (κ3) is 3.79. The first-order valence-electron chi connectivity index (χ1n) is 8.16. The molecule has 1 aliphatic rings. The van der Waals surface area contributed by atoms with Crippen LogP contribution in [0.2, 0.25) is 0 Å². The van der Waals surface area contributed by atoms with Crippen LogP contribution >= 0.6 is 0 Å². The number of carbonyl (C=O) groups excluding carboxylic acids is 1. The molecule has 2 N–H and O–H groups in total. The Morgan fingerprint density at radius 1 is 1.16 bits per heavy atom. The van der Waals surface area contributed by atoms with Gasteiger partial charge in [-0.2, -0.15) is 0 Å². The number of carbonyl (C=O) groups is 1. The Bertz CT molecular complexity index is 776. The van der Waals surface area contributed by atoms with Crippen LogP contribution in [-0.2, 0) is 6.42 Å². The van der Waals surface area contributed by atoms with Crippen molar-refractivity contribution < 1.29 is 19.0 Å². The van der Waals surface area contributed by atoms with Gasteiger partial charge in [0.2, 0.25) is 0 Å². The Kier molecular flexibility index (Phi) is 4.97. The van der Waals surface area contributed by atoms with Crippen molar-refractivity contribution in [1.82, 2.24) is 5.32 Å². The third-order valence-corrected chi connectivity index (χ3v) is 4.20. The second kappa shape index (κ2) is 7.34. The molecular formula is C19H22N2O4. The molecule has 2 amide bonds. The summed E-state index contributed by atoms with van der Waals surface area (Å²) in [5.41, 5.74) is 2.70. The Hall–Kier alpha value is -2.89. The summed E-state index contributed by atoms with van der Waals surface area (Å²) in [7, 11) is 3.21. The Morgan fingerprint density at radius 2 is 2.00 bits per heavy atom. The van der Waals surface area contributed by atoms with Crippen LogP contribution in [0.15, 0.2) is 36.4 Å². The van der Waals surface area contributed by atoms with Gasteiger partial charge in [-0.05, 0) is 48.9 Å². The van der Waals surface area contributed by atoms with Crippen molar-refractivity contribution in [2.24, 2.45) is 0 Å². The lowest BCUT2D eigenvalue weighted by molar-refractivity contribution is 0.249. The van der Waals surface area contributed by atoms with E-state index in [4.69, 9.17) is 14.2 Å². The van der Waals surface area contributed by atoms with Crippen LogP contribution in [0, 0.1) is 0 Å². The fourth-order valence-corrected chi connectivity index (χ4v) is 2.88. The van der Waals surface area contributed by atoms with Gasteiger partial charge in [0.15, 0.2) is 0 Å². The lowest BCUT2D eigenvalue weighted by atomic mass is 10.1. The fourth-order valence-electron chi connectivity index (χ4n) is 2.88. The SMILES string of the molecule is COc1ccc(OC)c(C(C)NC(=O)Nc2ccc3c(c2)CCO3)c1. The van der Waals surface area contributed by atoms with E-state index >= 15 is 0 Å². The molecule has 0 saturated carbocycles. The van der Waals surface area contributed by atoms with Crippen LogP contribution in [-0.4, -0.2) is 26.9 Å². The summed E-state index contributed by atoms with van der Waals surface area (Å²) in [5.74, 6) is 2.30. The Morgan fingerprint density at radius 3 is 2.76 bits per heavy atom. The van der Waals surface area contributed by atoms with Gasteiger partial charge in [-0.3, -0.25) is 0 Å². The van der Waals surface area contributed by atoms with Gasteiger partial charge in [0.1, 0.15) is 17.2 Å². The molecule has 1 atom stereocenters. The molecule has 0 fully saturated rings. The van der Waals surface area contributed by atoms with Gasteiger partial charge in [-0.15, -0.1) is 0 Å². The van der Waals surface area contributed by atoms with Crippen molar-refractivity contribution in [2.75, 3.05) is 26.1 Å². The highest BCUT2D eigenvalue weighted by Crippen LogP contribution is 2.30. The molecule has 6 nitrogen and oxygen atoms in total. The normalized spacial score (nSPS) is 13.4. The average molecular weight is 342 g/mol. The predicted molar refractivity (Wildman–Crippen MR) is 95.8 cm³/mol. The Balaban J connectivity index is 1.68. The lowest BCUT2D eigenvalue weighted by Crippen LogP contribution is -2.31. The van der Waals surface area contributed by atoms with Crippen molar-refractivity contribution in [2.45, 2.75) is 19.4 Å². The minimum absolute atomic E-state index is 0.247. The molecule has 0 aromatic heterocycles. The van der Waals surface area contributed by atoms with Crippen LogP contribution in [0.25, 0.3) is 0 Å². The van der Waals surface area contributed by atoms with Crippen molar-refractivity contribution in [3.8, 4) is 17.2 Å². The maximum atomic E-state index is 12.3. The molecule has 2 aromatic carbocycles. The monoisotopic (exact) mass is 342 g/mol. The van der Waals surface area contributed by atoms with Gasteiger partial charge >= 0.3 is 6.03 Å². The summed E-state index contributed by atoms with van der Waals surface area (Å²) >= 11 is 0. The van der Waals surface area contributed by atoms with E-state index in [2.05, 4.69) is 10.6 Å². The number of benzene rings is 2. The second-order valence-electron chi connectivity index (χ2n) is 5.85. The molecule has 2 aromatic rings. The summed E-state index contributed by atoms with van der Waals surface area (Å²) in [6.45, 7) is 2.59. The van der Waals surface area contributed by atoms with Crippen molar-refractivity contribution >= 4 is 11.7 Å². The summed E-state index contributed by atoms with van der Waals surface area (Å²) in [6, 6.07) is 10.6. The molecule has 0 bridgehead atoms. The molecule has 0 aliphatic carbocycles. The van der Waals surface area contributed by atoms with E-state index in [1.807, 2.05) is 43.3 Å². The van der Waals surface area contributed by atoms with E-state index in [1.54, 1.807) is 14.2 Å². The molecule has 3 rings (SSSR count). The zero-order valence-electron chi connectivity index (χ0n) is 14.6. The number of nitrogens with one attached hydrogen (secondary N) is 2. The van der Waals surface area contributed by atoms with E-state index < -0.39 is 0 Å². The summed E-state index contributed by atoms with van der Waals surface area (Å²) in [5, 5.41) is 5.78. The topological polar surface area (TPSA) is 68.8 Å². The van der Waals surface area contributed by atoms with Crippen LogP contribution in [0.1, 0.15) is 24.1 Å². The molecule has 0 radical (unpaired) electrons.